The summed E-state index contributed by atoms with van der Waals surface area (Å²) in [7, 11) is 0. The number of hydrogen-bond donors (Lipinski definition) is 3. The molecule has 0 spiro atoms. The van der Waals surface area contributed by atoms with Crippen LogP contribution in [0.4, 0.5) is 0 Å². The molecule has 0 amide bonds. The summed E-state index contributed by atoms with van der Waals surface area (Å²) in [6.07, 6.45) is 10.7. The molecule has 186 valence electrons. The second kappa shape index (κ2) is 8.83. The van der Waals surface area contributed by atoms with Crippen molar-refractivity contribution in [2.24, 2.45) is 52.3 Å². The second-order valence-electron chi connectivity index (χ2n) is 13.6. The van der Waals surface area contributed by atoms with Crippen molar-refractivity contribution in [3.8, 4) is 0 Å². The largest absolute Gasteiger partial charge is 0.393 e. The number of fused-ring (bicyclic) bond motifs is 5. The van der Waals surface area contributed by atoms with E-state index in [0.29, 0.717) is 29.6 Å². The molecule has 4 fully saturated rings. The third-order valence-corrected chi connectivity index (χ3v) is 12.1. The smallest absolute Gasteiger partial charge is 0.0985 e. The van der Waals surface area contributed by atoms with Gasteiger partial charge in [0.15, 0.2) is 0 Å². The Morgan fingerprint density at radius 2 is 1.62 bits per heavy atom. The Kier molecular flexibility index (Phi) is 6.89. The number of rotatable bonds is 6. The zero-order valence-corrected chi connectivity index (χ0v) is 21.8. The SMILES string of the molecule is CCC(CC[C@@H](C)[C@H]1CC[C@H]2[C@@H]3C[C@@H](O)C4(O)C[C@@H](O)CC[C@]4(C)[C@H]3CC[C@]12C)C(C)C. The van der Waals surface area contributed by atoms with Crippen molar-refractivity contribution >= 4 is 0 Å². The maximum atomic E-state index is 11.7. The molecule has 2 unspecified atom stereocenters. The van der Waals surface area contributed by atoms with Gasteiger partial charge in [0, 0.05) is 11.8 Å². The average molecular weight is 449 g/mol. The summed E-state index contributed by atoms with van der Waals surface area (Å²) in [4.78, 5) is 0. The Morgan fingerprint density at radius 1 is 0.906 bits per heavy atom. The zero-order valence-electron chi connectivity index (χ0n) is 21.8. The van der Waals surface area contributed by atoms with Crippen LogP contribution >= 0.6 is 0 Å². The van der Waals surface area contributed by atoms with Gasteiger partial charge in [0.25, 0.3) is 0 Å². The van der Waals surface area contributed by atoms with Gasteiger partial charge < -0.3 is 15.3 Å². The predicted molar refractivity (Wildman–Crippen MR) is 131 cm³/mol. The summed E-state index contributed by atoms with van der Waals surface area (Å²) in [5, 5.41) is 33.2. The quantitative estimate of drug-likeness (QED) is 0.454. The fraction of sp³-hybridized carbons (Fsp3) is 1.00. The van der Waals surface area contributed by atoms with Crippen LogP contribution in [-0.2, 0) is 0 Å². The van der Waals surface area contributed by atoms with Crippen LogP contribution in [0.2, 0.25) is 0 Å². The van der Waals surface area contributed by atoms with E-state index in [2.05, 4.69) is 41.5 Å². The van der Waals surface area contributed by atoms with E-state index in [1.54, 1.807) is 0 Å². The number of hydrogen-bond acceptors (Lipinski definition) is 3. The van der Waals surface area contributed by atoms with Gasteiger partial charge in [0.05, 0.1) is 17.8 Å². The molecule has 32 heavy (non-hydrogen) atoms. The highest BCUT2D eigenvalue weighted by Gasteiger charge is 2.67. The van der Waals surface area contributed by atoms with Crippen LogP contribution in [0.15, 0.2) is 0 Å². The van der Waals surface area contributed by atoms with Crippen LogP contribution in [-0.4, -0.2) is 33.1 Å². The molecule has 0 aliphatic heterocycles. The monoisotopic (exact) mass is 448 g/mol. The van der Waals surface area contributed by atoms with Gasteiger partial charge in [-0.1, -0.05) is 54.4 Å². The molecule has 11 atom stereocenters. The number of aliphatic hydroxyl groups excluding tert-OH is 2. The second-order valence-corrected chi connectivity index (χ2v) is 13.6. The van der Waals surface area contributed by atoms with E-state index in [-0.39, 0.29) is 5.41 Å². The fourth-order valence-corrected chi connectivity index (χ4v) is 9.92. The van der Waals surface area contributed by atoms with E-state index < -0.39 is 17.8 Å². The molecule has 0 aromatic rings. The molecule has 4 rings (SSSR count). The lowest BCUT2D eigenvalue weighted by Crippen LogP contribution is -2.68. The minimum absolute atomic E-state index is 0.259. The van der Waals surface area contributed by atoms with E-state index in [0.717, 1.165) is 42.9 Å². The van der Waals surface area contributed by atoms with Crippen LogP contribution in [0.1, 0.15) is 112 Å². The van der Waals surface area contributed by atoms with Crippen LogP contribution in [0.5, 0.6) is 0 Å². The van der Waals surface area contributed by atoms with Crippen molar-refractivity contribution in [2.75, 3.05) is 0 Å². The summed E-state index contributed by atoms with van der Waals surface area (Å²) in [5.41, 5.74) is -0.984. The lowest BCUT2D eigenvalue weighted by atomic mass is 9.42. The van der Waals surface area contributed by atoms with Crippen LogP contribution in [0.3, 0.4) is 0 Å². The third kappa shape index (κ3) is 3.72. The number of aliphatic hydroxyl groups is 3. The molecule has 0 bridgehead atoms. The van der Waals surface area contributed by atoms with Crippen molar-refractivity contribution < 1.29 is 15.3 Å². The maximum Gasteiger partial charge on any atom is 0.0985 e. The Bertz CT molecular complexity index is 663. The zero-order chi connectivity index (χ0) is 23.5. The van der Waals surface area contributed by atoms with Gasteiger partial charge in [-0.15, -0.1) is 0 Å². The van der Waals surface area contributed by atoms with E-state index in [1.165, 1.54) is 44.9 Å². The lowest BCUT2D eigenvalue weighted by molar-refractivity contribution is -0.264. The van der Waals surface area contributed by atoms with E-state index >= 15 is 0 Å². The van der Waals surface area contributed by atoms with Gasteiger partial charge in [-0.2, -0.15) is 0 Å². The van der Waals surface area contributed by atoms with Crippen LogP contribution in [0.25, 0.3) is 0 Å². The molecule has 3 N–H and O–H groups in total. The molecule has 4 aliphatic rings. The lowest BCUT2D eigenvalue weighted by Gasteiger charge is -2.65. The minimum Gasteiger partial charge on any atom is -0.393 e. The Labute approximate surface area is 197 Å². The molecule has 4 aliphatic carbocycles. The molecule has 0 aromatic carbocycles. The highest BCUT2D eigenvalue weighted by molar-refractivity contribution is 5.17. The normalized spacial score (nSPS) is 50.4. The van der Waals surface area contributed by atoms with Crippen molar-refractivity contribution in [1.29, 1.82) is 0 Å². The fourth-order valence-electron chi connectivity index (χ4n) is 9.92. The summed E-state index contributed by atoms with van der Waals surface area (Å²) in [5.74, 6) is 4.92. The van der Waals surface area contributed by atoms with Crippen molar-refractivity contribution in [1.82, 2.24) is 0 Å². The molecule has 0 aromatic heterocycles. The van der Waals surface area contributed by atoms with E-state index in [4.69, 9.17) is 0 Å². The molecule has 3 heteroatoms. The molecule has 0 heterocycles. The average Bonchev–Trinajstić information content (AvgIpc) is 3.08. The Hall–Kier alpha value is -0.120. The summed E-state index contributed by atoms with van der Waals surface area (Å²) < 4.78 is 0. The van der Waals surface area contributed by atoms with E-state index in [9.17, 15) is 15.3 Å². The van der Waals surface area contributed by atoms with Crippen LogP contribution < -0.4 is 0 Å². The molecule has 0 radical (unpaired) electrons. The minimum atomic E-state index is -1.11. The highest BCUT2D eigenvalue weighted by Crippen LogP contribution is 2.69. The Morgan fingerprint density at radius 3 is 2.28 bits per heavy atom. The Balaban J connectivity index is 1.51. The first-order chi connectivity index (χ1) is 15.0. The van der Waals surface area contributed by atoms with Gasteiger partial charge >= 0.3 is 0 Å². The first kappa shape index (κ1) is 25.0. The molecular formula is C29H52O3. The molecule has 0 saturated heterocycles. The van der Waals surface area contributed by atoms with Gasteiger partial charge in [-0.25, -0.2) is 0 Å². The summed E-state index contributed by atoms with van der Waals surface area (Å²) >= 11 is 0. The van der Waals surface area contributed by atoms with Gasteiger partial charge in [0.2, 0.25) is 0 Å². The molecule has 4 saturated carbocycles. The van der Waals surface area contributed by atoms with Gasteiger partial charge in [0.1, 0.15) is 0 Å². The topological polar surface area (TPSA) is 60.7 Å². The summed E-state index contributed by atoms with van der Waals surface area (Å²) in [6, 6.07) is 0. The van der Waals surface area contributed by atoms with E-state index in [1.807, 2.05) is 0 Å². The standard InChI is InChI=1S/C29H52O3/c1-7-20(18(2)3)9-8-19(4)23-10-11-24-22-16-26(31)29(32)17-21(30)12-15-28(29,6)25(22)13-14-27(23,24)5/h18-26,30-32H,7-17H2,1-6H3/t19-,20?,21+,22+,23-,24+,25+,26-,27-,28-,29?/m1/s1. The van der Waals surface area contributed by atoms with Crippen molar-refractivity contribution in [2.45, 2.75) is 130 Å². The van der Waals surface area contributed by atoms with Crippen LogP contribution in [0, 0.1) is 52.3 Å². The predicted octanol–water partition coefficient (Wildman–Crippen LogP) is 6.19. The summed E-state index contributed by atoms with van der Waals surface area (Å²) in [6.45, 7) is 14.5. The van der Waals surface area contributed by atoms with Gasteiger partial charge in [-0.05, 0) is 98.2 Å². The van der Waals surface area contributed by atoms with Gasteiger partial charge in [-0.3, -0.25) is 0 Å². The molecule has 3 nitrogen and oxygen atoms in total. The van der Waals surface area contributed by atoms with Crippen molar-refractivity contribution in [3.05, 3.63) is 0 Å². The first-order valence-electron chi connectivity index (χ1n) is 14.1. The maximum absolute atomic E-state index is 11.7. The highest BCUT2D eigenvalue weighted by atomic mass is 16.3. The first-order valence-corrected chi connectivity index (χ1v) is 14.1. The van der Waals surface area contributed by atoms with Crippen molar-refractivity contribution in [3.63, 3.8) is 0 Å². The third-order valence-electron chi connectivity index (χ3n) is 12.1. The molecular weight excluding hydrogens is 396 g/mol.